The molecule has 0 aliphatic heterocycles. The van der Waals surface area contributed by atoms with Crippen molar-refractivity contribution in [1.29, 1.82) is 0 Å². The van der Waals surface area contributed by atoms with Gasteiger partial charge in [-0.05, 0) is 31.0 Å². The second kappa shape index (κ2) is 21.3. The number of ether oxygens (including phenoxy) is 2. The minimum absolute atomic E-state index is 0.0900. The van der Waals surface area contributed by atoms with Gasteiger partial charge in [0.05, 0.1) is 6.61 Å². The Hall–Kier alpha value is -1.51. The molecule has 0 aromatic heterocycles. The smallest absolute Gasteiger partial charge is 0.306 e. The lowest BCUT2D eigenvalue weighted by molar-refractivity contribution is -0.145. The van der Waals surface area contributed by atoms with Crippen LogP contribution in [0.3, 0.4) is 0 Å². The summed E-state index contributed by atoms with van der Waals surface area (Å²) in [5.74, 6) is 0.738. The van der Waals surface area contributed by atoms with Crippen molar-refractivity contribution in [2.75, 3.05) is 6.61 Å². The molecule has 0 amide bonds. The van der Waals surface area contributed by atoms with E-state index in [9.17, 15) is 4.79 Å². The van der Waals surface area contributed by atoms with Crippen LogP contribution in [0.1, 0.15) is 135 Å². The Bertz CT molecular complexity index is 555. The Kier molecular flexibility index (Phi) is 19.0. The lowest BCUT2D eigenvalue weighted by Crippen LogP contribution is -2.04. The quantitative estimate of drug-likeness (QED) is 0.131. The van der Waals surface area contributed by atoms with E-state index in [0.29, 0.717) is 19.6 Å². The zero-order valence-corrected chi connectivity index (χ0v) is 21.2. The molecule has 0 bridgehead atoms. The van der Waals surface area contributed by atoms with E-state index in [4.69, 9.17) is 9.47 Å². The Morgan fingerprint density at radius 2 is 1.19 bits per heavy atom. The van der Waals surface area contributed by atoms with Crippen LogP contribution in [-0.4, -0.2) is 12.6 Å². The first-order chi connectivity index (χ1) is 15.8. The number of hydrogen-bond acceptors (Lipinski definition) is 3. The van der Waals surface area contributed by atoms with E-state index < -0.39 is 0 Å². The SMILES string of the molecule is CCCCCCCCCCCCCCCCCCCC(=O)OCc1cccc(OCC)c1. The van der Waals surface area contributed by atoms with E-state index in [2.05, 4.69) is 6.92 Å². The van der Waals surface area contributed by atoms with Gasteiger partial charge >= 0.3 is 5.97 Å². The van der Waals surface area contributed by atoms with Gasteiger partial charge in [-0.3, -0.25) is 4.79 Å². The molecule has 0 spiro atoms. The Morgan fingerprint density at radius 1 is 0.688 bits per heavy atom. The normalized spacial score (nSPS) is 10.9. The van der Waals surface area contributed by atoms with Crippen molar-refractivity contribution in [2.24, 2.45) is 0 Å². The van der Waals surface area contributed by atoms with Gasteiger partial charge in [-0.15, -0.1) is 0 Å². The fourth-order valence-electron chi connectivity index (χ4n) is 4.12. The van der Waals surface area contributed by atoms with Crippen LogP contribution in [0.2, 0.25) is 0 Å². The monoisotopic (exact) mass is 446 g/mol. The third-order valence-corrected chi connectivity index (χ3v) is 6.09. The highest BCUT2D eigenvalue weighted by Gasteiger charge is 2.04. The lowest BCUT2D eigenvalue weighted by Gasteiger charge is -2.07. The van der Waals surface area contributed by atoms with Gasteiger partial charge in [-0.25, -0.2) is 0 Å². The maximum atomic E-state index is 11.9. The molecule has 3 nitrogen and oxygen atoms in total. The molecule has 1 aromatic rings. The molecule has 184 valence electrons. The molecule has 3 heteroatoms. The van der Waals surface area contributed by atoms with E-state index in [-0.39, 0.29) is 5.97 Å². The van der Waals surface area contributed by atoms with E-state index in [0.717, 1.165) is 24.2 Å². The van der Waals surface area contributed by atoms with E-state index in [1.165, 1.54) is 96.3 Å². The highest BCUT2D eigenvalue weighted by molar-refractivity contribution is 5.69. The molecule has 0 radical (unpaired) electrons. The first kappa shape index (κ1) is 28.5. The summed E-state index contributed by atoms with van der Waals surface area (Å²) >= 11 is 0. The third kappa shape index (κ3) is 17.1. The molecule has 0 saturated carbocycles. The van der Waals surface area contributed by atoms with Crippen molar-refractivity contribution in [2.45, 2.75) is 136 Å². The van der Waals surface area contributed by atoms with Crippen LogP contribution in [0.15, 0.2) is 24.3 Å². The average molecular weight is 447 g/mol. The molecule has 0 heterocycles. The zero-order chi connectivity index (χ0) is 23.1. The Morgan fingerprint density at radius 3 is 1.69 bits per heavy atom. The third-order valence-electron chi connectivity index (χ3n) is 6.09. The number of carbonyl (C=O) groups is 1. The number of rotatable bonds is 22. The number of esters is 1. The second-order valence-corrected chi connectivity index (χ2v) is 9.15. The first-order valence-electron chi connectivity index (χ1n) is 13.6. The molecule has 32 heavy (non-hydrogen) atoms. The fourth-order valence-corrected chi connectivity index (χ4v) is 4.12. The molecular formula is C29H50O3. The molecule has 0 aliphatic rings. The van der Waals surface area contributed by atoms with Crippen LogP contribution >= 0.6 is 0 Å². The number of hydrogen-bond donors (Lipinski definition) is 0. The van der Waals surface area contributed by atoms with Gasteiger partial charge in [0, 0.05) is 6.42 Å². The standard InChI is InChI=1S/C29H50O3/c1-3-5-6-7-8-9-10-11-12-13-14-15-16-17-18-19-20-24-29(30)32-26-27-22-21-23-28(25-27)31-4-2/h21-23,25H,3-20,24,26H2,1-2H3. The van der Waals surface area contributed by atoms with Crippen LogP contribution in [0.5, 0.6) is 5.75 Å². The number of carbonyl (C=O) groups excluding carboxylic acids is 1. The zero-order valence-electron chi connectivity index (χ0n) is 21.2. The highest BCUT2D eigenvalue weighted by atomic mass is 16.5. The summed E-state index contributed by atoms with van der Waals surface area (Å²) in [5, 5.41) is 0. The molecule has 0 atom stereocenters. The van der Waals surface area contributed by atoms with Gasteiger partial charge in [0.25, 0.3) is 0 Å². The highest BCUT2D eigenvalue weighted by Crippen LogP contribution is 2.16. The van der Waals surface area contributed by atoms with Gasteiger partial charge < -0.3 is 9.47 Å². The largest absolute Gasteiger partial charge is 0.494 e. The van der Waals surface area contributed by atoms with Crippen molar-refractivity contribution in [3.63, 3.8) is 0 Å². The van der Waals surface area contributed by atoms with Crippen LogP contribution in [0, 0.1) is 0 Å². The van der Waals surface area contributed by atoms with Gasteiger partial charge in [0.15, 0.2) is 0 Å². The van der Waals surface area contributed by atoms with Crippen molar-refractivity contribution in [3.8, 4) is 5.75 Å². The molecular weight excluding hydrogens is 396 g/mol. The van der Waals surface area contributed by atoms with Crippen LogP contribution in [0.4, 0.5) is 0 Å². The van der Waals surface area contributed by atoms with Gasteiger partial charge in [-0.1, -0.05) is 122 Å². The lowest BCUT2D eigenvalue weighted by atomic mass is 10.0. The predicted molar refractivity (Wildman–Crippen MR) is 136 cm³/mol. The molecule has 0 aliphatic carbocycles. The summed E-state index contributed by atoms with van der Waals surface area (Å²) in [5.41, 5.74) is 0.978. The summed E-state index contributed by atoms with van der Waals surface area (Å²) in [4.78, 5) is 11.9. The molecule has 1 aromatic carbocycles. The molecule has 0 fully saturated rings. The number of unbranched alkanes of at least 4 members (excludes halogenated alkanes) is 16. The van der Waals surface area contributed by atoms with Crippen LogP contribution < -0.4 is 4.74 Å². The maximum absolute atomic E-state index is 11.9. The molecule has 0 unspecified atom stereocenters. The number of benzene rings is 1. The van der Waals surface area contributed by atoms with E-state index in [1.807, 2.05) is 31.2 Å². The maximum Gasteiger partial charge on any atom is 0.306 e. The van der Waals surface area contributed by atoms with Crippen molar-refractivity contribution >= 4 is 5.97 Å². The summed E-state index contributed by atoms with van der Waals surface area (Å²) in [6, 6.07) is 7.76. The Balaban J connectivity index is 1.83. The van der Waals surface area contributed by atoms with Gasteiger partial charge in [-0.2, -0.15) is 0 Å². The second-order valence-electron chi connectivity index (χ2n) is 9.15. The summed E-state index contributed by atoms with van der Waals surface area (Å²) in [7, 11) is 0. The molecule has 1 rings (SSSR count). The van der Waals surface area contributed by atoms with Crippen LogP contribution in [0.25, 0.3) is 0 Å². The van der Waals surface area contributed by atoms with Crippen molar-refractivity contribution in [3.05, 3.63) is 29.8 Å². The van der Waals surface area contributed by atoms with Gasteiger partial charge in [0.2, 0.25) is 0 Å². The van der Waals surface area contributed by atoms with Crippen molar-refractivity contribution < 1.29 is 14.3 Å². The minimum Gasteiger partial charge on any atom is -0.494 e. The molecule has 0 saturated heterocycles. The summed E-state index contributed by atoms with van der Waals surface area (Å²) in [6.45, 7) is 5.22. The van der Waals surface area contributed by atoms with Crippen LogP contribution in [-0.2, 0) is 16.1 Å². The average Bonchev–Trinajstić information content (AvgIpc) is 2.80. The summed E-state index contributed by atoms with van der Waals surface area (Å²) in [6.07, 6.45) is 23.5. The van der Waals surface area contributed by atoms with Gasteiger partial charge in [0.1, 0.15) is 12.4 Å². The summed E-state index contributed by atoms with van der Waals surface area (Å²) < 4.78 is 10.9. The van der Waals surface area contributed by atoms with E-state index in [1.54, 1.807) is 0 Å². The Labute approximate surface area is 198 Å². The van der Waals surface area contributed by atoms with E-state index >= 15 is 0 Å². The minimum atomic E-state index is -0.0900. The fraction of sp³-hybridized carbons (Fsp3) is 0.759. The predicted octanol–water partition coefficient (Wildman–Crippen LogP) is 9.17. The molecule has 0 N–H and O–H groups in total. The van der Waals surface area contributed by atoms with Crippen molar-refractivity contribution in [1.82, 2.24) is 0 Å². The first-order valence-corrected chi connectivity index (χ1v) is 13.6. The topological polar surface area (TPSA) is 35.5 Å².